The van der Waals surface area contributed by atoms with Gasteiger partial charge in [-0.3, -0.25) is 19.1 Å². The average molecular weight is 444 g/mol. The number of H-pyrrole nitrogens is 1. The Labute approximate surface area is 183 Å². The molecule has 1 aromatic carbocycles. The van der Waals surface area contributed by atoms with Gasteiger partial charge in [0.2, 0.25) is 0 Å². The van der Waals surface area contributed by atoms with Crippen molar-refractivity contribution in [3.63, 3.8) is 0 Å². The van der Waals surface area contributed by atoms with E-state index in [2.05, 4.69) is 9.97 Å². The van der Waals surface area contributed by atoms with Crippen LogP contribution in [-0.2, 0) is 6.54 Å². The number of rotatable bonds is 8. The number of nitrogens with one attached hydrogen (secondary N) is 1. The van der Waals surface area contributed by atoms with Crippen molar-refractivity contribution in [2.45, 2.75) is 33.2 Å². The summed E-state index contributed by atoms with van der Waals surface area (Å²) in [7, 11) is 1.44. The van der Waals surface area contributed by atoms with Gasteiger partial charge in [0.15, 0.2) is 5.69 Å². The number of hydrogen-bond donors (Lipinski definition) is 2. The van der Waals surface area contributed by atoms with E-state index < -0.39 is 17.2 Å². The number of nitrogens with zero attached hydrogens (tertiary/aromatic N) is 3. The van der Waals surface area contributed by atoms with Gasteiger partial charge < -0.3 is 15.4 Å². The monoisotopic (exact) mass is 443 g/mol. The number of thiazole rings is 1. The second kappa shape index (κ2) is 9.61. The third-order valence-corrected chi connectivity index (χ3v) is 5.62. The van der Waals surface area contributed by atoms with Gasteiger partial charge in [0, 0.05) is 24.5 Å². The minimum absolute atomic E-state index is 0.0417. The first-order valence-electron chi connectivity index (χ1n) is 9.96. The average Bonchev–Trinajstić information content (AvgIpc) is 3.24. The Balaban J connectivity index is 1.89. The molecule has 3 rings (SSSR count). The van der Waals surface area contributed by atoms with E-state index in [0.29, 0.717) is 24.6 Å². The number of nitrogen functional groups attached to an aromatic ring is 1. The quantitative estimate of drug-likeness (QED) is 0.552. The third-order valence-electron chi connectivity index (χ3n) is 4.73. The molecule has 0 radical (unpaired) electrons. The van der Waals surface area contributed by atoms with Gasteiger partial charge in [-0.15, -0.1) is 11.3 Å². The van der Waals surface area contributed by atoms with Crippen molar-refractivity contribution in [1.29, 1.82) is 0 Å². The Morgan fingerprint density at radius 1 is 1.26 bits per heavy atom. The standard InChI is InChI=1S/C21H25N5O4S/c1-4-6-11-26-17(22)16(18(27)24-21(26)29)25(3)20(28)15-12-31-19(23-15)13-7-9-14(10-8-13)30-5-2/h7-10,12H,4-6,11,22H2,1-3H3,(H,24,27,29). The minimum atomic E-state index is -0.715. The molecule has 9 nitrogen and oxygen atoms in total. The lowest BCUT2D eigenvalue weighted by Gasteiger charge is -2.19. The van der Waals surface area contributed by atoms with Crippen LogP contribution in [0.3, 0.4) is 0 Å². The van der Waals surface area contributed by atoms with Crippen LogP contribution in [0.15, 0.2) is 39.2 Å². The predicted molar refractivity (Wildman–Crippen MR) is 122 cm³/mol. The number of nitrogens with two attached hydrogens (primary N) is 1. The van der Waals surface area contributed by atoms with Gasteiger partial charge in [0.25, 0.3) is 11.5 Å². The normalized spacial score (nSPS) is 10.8. The summed E-state index contributed by atoms with van der Waals surface area (Å²) >= 11 is 1.32. The Kier molecular flexibility index (Phi) is 6.91. The fraction of sp³-hybridized carbons (Fsp3) is 0.333. The number of benzene rings is 1. The predicted octanol–water partition coefficient (Wildman–Crippen LogP) is 2.72. The van der Waals surface area contributed by atoms with E-state index in [1.165, 1.54) is 23.0 Å². The summed E-state index contributed by atoms with van der Waals surface area (Å²) < 4.78 is 6.71. The molecule has 0 fully saturated rings. The third kappa shape index (κ3) is 4.69. The van der Waals surface area contributed by atoms with Crippen molar-refractivity contribution in [2.75, 3.05) is 24.3 Å². The van der Waals surface area contributed by atoms with Crippen LogP contribution in [0.4, 0.5) is 11.5 Å². The van der Waals surface area contributed by atoms with Crippen LogP contribution in [-0.4, -0.2) is 34.1 Å². The van der Waals surface area contributed by atoms with E-state index in [4.69, 9.17) is 10.5 Å². The first kappa shape index (κ1) is 22.3. The molecular weight excluding hydrogens is 418 g/mol. The van der Waals surface area contributed by atoms with Crippen molar-refractivity contribution >= 4 is 28.7 Å². The zero-order chi connectivity index (χ0) is 22.5. The van der Waals surface area contributed by atoms with E-state index in [9.17, 15) is 14.4 Å². The molecule has 0 unspecified atom stereocenters. The number of ether oxygens (including phenoxy) is 1. The molecule has 0 spiro atoms. The van der Waals surface area contributed by atoms with Gasteiger partial charge in [-0.1, -0.05) is 13.3 Å². The van der Waals surface area contributed by atoms with Gasteiger partial charge in [-0.05, 0) is 37.6 Å². The molecule has 0 atom stereocenters. The molecular formula is C21H25N5O4S. The smallest absolute Gasteiger partial charge is 0.330 e. The number of amides is 1. The molecule has 10 heteroatoms. The molecule has 164 valence electrons. The highest BCUT2D eigenvalue weighted by atomic mass is 32.1. The van der Waals surface area contributed by atoms with Crippen LogP contribution in [0.1, 0.15) is 37.2 Å². The van der Waals surface area contributed by atoms with Crippen molar-refractivity contribution < 1.29 is 9.53 Å². The minimum Gasteiger partial charge on any atom is -0.494 e. The molecule has 31 heavy (non-hydrogen) atoms. The molecule has 0 aliphatic carbocycles. The summed E-state index contributed by atoms with van der Waals surface area (Å²) in [5, 5.41) is 2.29. The van der Waals surface area contributed by atoms with Crippen molar-refractivity contribution in [3.05, 3.63) is 56.2 Å². The Bertz CT molecular complexity index is 1180. The molecule has 0 aliphatic rings. The number of aromatic amines is 1. The molecule has 2 aromatic heterocycles. The maximum atomic E-state index is 13.0. The maximum absolute atomic E-state index is 13.0. The van der Waals surface area contributed by atoms with Crippen LogP contribution in [0.25, 0.3) is 10.6 Å². The lowest BCUT2D eigenvalue weighted by atomic mass is 10.2. The summed E-state index contributed by atoms with van der Waals surface area (Å²) in [6.45, 7) is 4.83. The van der Waals surface area contributed by atoms with Crippen molar-refractivity contribution in [3.8, 4) is 16.3 Å². The highest BCUT2D eigenvalue weighted by Crippen LogP contribution is 2.27. The lowest BCUT2D eigenvalue weighted by molar-refractivity contribution is 0.0988. The summed E-state index contributed by atoms with van der Waals surface area (Å²) in [5.41, 5.74) is 5.75. The molecule has 2 heterocycles. The van der Waals surface area contributed by atoms with Gasteiger partial charge in [-0.25, -0.2) is 9.78 Å². The fourth-order valence-corrected chi connectivity index (χ4v) is 3.88. The summed E-state index contributed by atoms with van der Waals surface area (Å²) in [4.78, 5) is 45.3. The van der Waals surface area contributed by atoms with Crippen molar-refractivity contribution in [1.82, 2.24) is 14.5 Å². The van der Waals surface area contributed by atoms with E-state index in [1.54, 1.807) is 5.38 Å². The molecule has 3 N–H and O–H groups in total. The topological polar surface area (TPSA) is 123 Å². The van der Waals surface area contributed by atoms with Crippen LogP contribution < -0.4 is 26.6 Å². The Morgan fingerprint density at radius 2 is 1.97 bits per heavy atom. The maximum Gasteiger partial charge on any atom is 0.330 e. The zero-order valence-corrected chi connectivity index (χ0v) is 18.5. The fourth-order valence-electron chi connectivity index (χ4n) is 3.08. The molecule has 3 aromatic rings. The SMILES string of the molecule is CCCCn1c(N)c(N(C)C(=O)c2csc(-c3ccc(OCC)cc3)n2)c(=O)[nH]c1=O. The van der Waals surface area contributed by atoms with E-state index >= 15 is 0 Å². The first-order valence-corrected chi connectivity index (χ1v) is 10.8. The van der Waals surface area contributed by atoms with Crippen molar-refractivity contribution in [2.24, 2.45) is 0 Å². The van der Waals surface area contributed by atoms with E-state index in [0.717, 1.165) is 22.6 Å². The molecule has 0 saturated heterocycles. The zero-order valence-electron chi connectivity index (χ0n) is 17.7. The number of hydrogen-bond acceptors (Lipinski definition) is 7. The van der Waals surface area contributed by atoms with Crippen LogP contribution in [0.5, 0.6) is 5.75 Å². The number of aromatic nitrogens is 3. The second-order valence-electron chi connectivity index (χ2n) is 6.86. The number of anilines is 2. The first-order chi connectivity index (χ1) is 14.9. The summed E-state index contributed by atoms with van der Waals surface area (Å²) in [6, 6.07) is 7.42. The Morgan fingerprint density at radius 3 is 2.61 bits per heavy atom. The van der Waals surface area contributed by atoms with Crippen LogP contribution in [0, 0.1) is 0 Å². The number of carbonyl (C=O) groups excluding carboxylic acids is 1. The molecule has 0 aliphatic heterocycles. The second-order valence-corrected chi connectivity index (χ2v) is 7.72. The van der Waals surface area contributed by atoms with Gasteiger partial charge in [0.05, 0.1) is 6.61 Å². The van der Waals surface area contributed by atoms with E-state index in [1.807, 2.05) is 38.1 Å². The van der Waals surface area contributed by atoms with Gasteiger partial charge in [-0.2, -0.15) is 0 Å². The Hall–Kier alpha value is -3.40. The summed E-state index contributed by atoms with van der Waals surface area (Å²) in [5.74, 6) is 0.220. The van der Waals surface area contributed by atoms with E-state index in [-0.39, 0.29) is 17.2 Å². The number of carbonyl (C=O) groups is 1. The van der Waals surface area contributed by atoms with Gasteiger partial charge >= 0.3 is 5.69 Å². The highest BCUT2D eigenvalue weighted by molar-refractivity contribution is 7.13. The van der Waals surface area contributed by atoms with Crippen LogP contribution in [0.2, 0.25) is 0 Å². The summed E-state index contributed by atoms with van der Waals surface area (Å²) in [6.07, 6.45) is 1.56. The van der Waals surface area contributed by atoms with Gasteiger partial charge in [0.1, 0.15) is 22.3 Å². The molecule has 1 amide bonds. The van der Waals surface area contributed by atoms with Crippen LogP contribution >= 0.6 is 11.3 Å². The number of unbranched alkanes of at least 4 members (excludes halogenated alkanes) is 1. The largest absolute Gasteiger partial charge is 0.494 e. The molecule has 0 saturated carbocycles. The lowest BCUT2D eigenvalue weighted by Crippen LogP contribution is -2.39. The highest BCUT2D eigenvalue weighted by Gasteiger charge is 2.24. The molecule has 0 bridgehead atoms.